The van der Waals surface area contributed by atoms with Crippen LogP contribution in [0.5, 0.6) is 0 Å². The van der Waals surface area contributed by atoms with E-state index in [1.807, 2.05) is 85.0 Å². The van der Waals surface area contributed by atoms with Gasteiger partial charge in [0.2, 0.25) is 0 Å². The molecule has 1 heterocycles. The lowest BCUT2D eigenvalue weighted by Crippen LogP contribution is -1.81. The Hall–Kier alpha value is -3.19. The number of benzene rings is 2. The SMILES string of the molecule is C(/C=C\C=C/c1ccc2ccccc2n1)=C/C=C\c1ccccc1. The van der Waals surface area contributed by atoms with Crippen LogP contribution >= 0.6 is 0 Å². The number of rotatable bonds is 5. The summed E-state index contributed by atoms with van der Waals surface area (Å²) >= 11 is 0. The largest absolute Gasteiger partial charge is 0.248 e. The third kappa shape index (κ3) is 4.65. The van der Waals surface area contributed by atoms with Crippen LogP contribution in [0, 0.1) is 0 Å². The molecular weight excluding hydrogens is 290 g/mol. The second kappa shape index (κ2) is 8.44. The zero-order valence-corrected chi connectivity index (χ0v) is 13.4. The molecular formula is C23H19N. The summed E-state index contributed by atoms with van der Waals surface area (Å²) in [5, 5.41) is 1.17. The maximum absolute atomic E-state index is 4.61. The predicted molar refractivity (Wildman–Crippen MR) is 105 cm³/mol. The molecule has 0 aliphatic rings. The van der Waals surface area contributed by atoms with Crippen molar-refractivity contribution in [1.29, 1.82) is 0 Å². The monoisotopic (exact) mass is 309 g/mol. The third-order valence-corrected chi connectivity index (χ3v) is 3.53. The van der Waals surface area contributed by atoms with E-state index in [4.69, 9.17) is 0 Å². The Kier molecular flexibility index (Phi) is 5.52. The Balaban J connectivity index is 1.54. The molecule has 2 aromatic carbocycles. The summed E-state index contributed by atoms with van der Waals surface area (Å²) in [6, 6.07) is 22.5. The van der Waals surface area contributed by atoms with E-state index < -0.39 is 0 Å². The first-order valence-electron chi connectivity index (χ1n) is 8.01. The first-order chi connectivity index (χ1) is 11.9. The number of nitrogens with zero attached hydrogens (tertiary/aromatic N) is 1. The van der Waals surface area contributed by atoms with Crippen LogP contribution in [0.4, 0.5) is 0 Å². The van der Waals surface area contributed by atoms with E-state index in [1.165, 1.54) is 10.9 Å². The number of hydrogen-bond donors (Lipinski definition) is 0. The molecule has 1 nitrogen and oxygen atoms in total. The minimum atomic E-state index is 0.964. The highest BCUT2D eigenvalue weighted by atomic mass is 14.7. The molecule has 1 heteroatoms. The van der Waals surface area contributed by atoms with E-state index in [-0.39, 0.29) is 0 Å². The normalized spacial score (nSPS) is 12.3. The molecule has 0 radical (unpaired) electrons. The van der Waals surface area contributed by atoms with Crippen molar-refractivity contribution in [2.45, 2.75) is 0 Å². The van der Waals surface area contributed by atoms with Crippen LogP contribution in [0.2, 0.25) is 0 Å². The average molecular weight is 309 g/mol. The predicted octanol–water partition coefficient (Wildman–Crippen LogP) is 6.07. The molecule has 0 aliphatic carbocycles. The molecule has 0 bridgehead atoms. The lowest BCUT2D eigenvalue weighted by atomic mass is 10.2. The fraction of sp³-hybridized carbons (Fsp3) is 0. The lowest BCUT2D eigenvalue weighted by Gasteiger charge is -1.97. The summed E-state index contributed by atoms with van der Waals surface area (Å²) in [6.07, 6.45) is 16.2. The van der Waals surface area contributed by atoms with Gasteiger partial charge in [0.05, 0.1) is 11.2 Å². The Bertz CT molecular complexity index is 899. The van der Waals surface area contributed by atoms with Gasteiger partial charge in [-0.3, -0.25) is 0 Å². The number of pyridine rings is 1. The highest BCUT2D eigenvalue weighted by Gasteiger charge is 1.93. The van der Waals surface area contributed by atoms with Crippen molar-refractivity contribution in [2.24, 2.45) is 0 Å². The molecule has 0 unspecified atom stereocenters. The van der Waals surface area contributed by atoms with Crippen molar-refractivity contribution in [3.05, 3.63) is 114 Å². The zero-order chi connectivity index (χ0) is 16.5. The molecule has 0 atom stereocenters. The van der Waals surface area contributed by atoms with Crippen LogP contribution in [0.3, 0.4) is 0 Å². The van der Waals surface area contributed by atoms with Crippen LogP contribution in [-0.4, -0.2) is 4.98 Å². The second-order valence-corrected chi connectivity index (χ2v) is 5.33. The molecule has 116 valence electrons. The molecule has 0 N–H and O–H groups in total. The molecule has 0 aliphatic heterocycles. The lowest BCUT2D eigenvalue weighted by molar-refractivity contribution is 1.37. The Labute approximate surface area is 143 Å². The maximum Gasteiger partial charge on any atom is 0.0709 e. The van der Waals surface area contributed by atoms with E-state index in [0.29, 0.717) is 0 Å². The number of para-hydroxylation sites is 1. The molecule has 1 aromatic heterocycles. The van der Waals surface area contributed by atoms with E-state index in [1.54, 1.807) is 0 Å². The molecule has 0 fully saturated rings. The minimum absolute atomic E-state index is 0.964. The van der Waals surface area contributed by atoms with Crippen molar-refractivity contribution in [1.82, 2.24) is 4.98 Å². The first-order valence-corrected chi connectivity index (χ1v) is 8.01. The van der Waals surface area contributed by atoms with Gasteiger partial charge >= 0.3 is 0 Å². The van der Waals surface area contributed by atoms with Gasteiger partial charge in [-0.1, -0.05) is 97.1 Å². The van der Waals surface area contributed by atoms with Crippen molar-refractivity contribution in [3.63, 3.8) is 0 Å². The quantitative estimate of drug-likeness (QED) is 0.521. The van der Waals surface area contributed by atoms with Gasteiger partial charge in [-0.25, -0.2) is 4.98 Å². The summed E-state index contributed by atoms with van der Waals surface area (Å²) in [4.78, 5) is 4.61. The Morgan fingerprint density at radius 2 is 1.21 bits per heavy atom. The van der Waals surface area contributed by atoms with E-state index in [0.717, 1.165) is 11.2 Å². The molecule has 0 saturated heterocycles. The average Bonchev–Trinajstić information content (AvgIpc) is 2.64. The van der Waals surface area contributed by atoms with E-state index >= 15 is 0 Å². The molecule has 0 saturated carbocycles. The molecule has 3 rings (SSSR count). The van der Waals surface area contributed by atoms with Crippen LogP contribution in [0.15, 0.2) is 103 Å². The highest BCUT2D eigenvalue weighted by Crippen LogP contribution is 2.12. The van der Waals surface area contributed by atoms with E-state index in [2.05, 4.69) is 35.3 Å². The van der Waals surface area contributed by atoms with Crippen molar-refractivity contribution in [3.8, 4) is 0 Å². The first kappa shape index (κ1) is 15.7. The zero-order valence-electron chi connectivity index (χ0n) is 13.4. The topological polar surface area (TPSA) is 12.9 Å². The summed E-state index contributed by atoms with van der Waals surface area (Å²) in [6.45, 7) is 0. The van der Waals surface area contributed by atoms with Crippen LogP contribution in [0.1, 0.15) is 11.3 Å². The molecule has 0 amide bonds. The number of fused-ring (bicyclic) bond motifs is 1. The van der Waals surface area contributed by atoms with Gasteiger partial charge in [0.25, 0.3) is 0 Å². The van der Waals surface area contributed by atoms with Crippen molar-refractivity contribution < 1.29 is 0 Å². The summed E-state index contributed by atoms with van der Waals surface area (Å²) in [5.74, 6) is 0. The van der Waals surface area contributed by atoms with Crippen LogP contribution < -0.4 is 0 Å². The fourth-order valence-electron chi connectivity index (χ4n) is 2.32. The second-order valence-electron chi connectivity index (χ2n) is 5.33. The number of allylic oxidation sites excluding steroid dienone is 6. The standard InChI is InChI=1S/C23H19N/c1(3-6-12-20-13-7-5-8-14-20)2-4-9-16-22-19-18-21-15-10-11-17-23(21)24-22/h1-19H/b3-1-,4-2-,12-6-,16-9-. The van der Waals surface area contributed by atoms with Gasteiger partial charge in [-0.2, -0.15) is 0 Å². The molecule has 3 aromatic rings. The van der Waals surface area contributed by atoms with E-state index in [9.17, 15) is 0 Å². The maximum atomic E-state index is 4.61. The Morgan fingerprint density at radius 3 is 2.04 bits per heavy atom. The molecule has 24 heavy (non-hydrogen) atoms. The van der Waals surface area contributed by atoms with Crippen molar-refractivity contribution >= 4 is 23.1 Å². The van der Waals surface area contributed by atoms with Crippen molar-refractivity contribution in [2.75, 3.05) is 0 Å². The summed E-state index contributed by atoms with van der Waals surface area (Å²) < 4.78 is 0. The fourth-order valence-corrected chi connectivity index (χ4v) is 2.32. The van der Waals surface area contributed by atoms with Gasteiger partial charge in [-0.15, -0.1) is 0 Å². The summed E-state index contributed by atoms with van der Waals surface area (Å²) in [7, 11) is 0. The van der Waals surface area contributed by atoms with Gasteiger partial charge in [0, 0.05) is 5.39 Å². The third-order valence-electron chi connectivity index (χ3n) is 3.53. The molecule has 0 spiro atoms. The van der Waals surface area contributed by atoms with Gasteiger partial charge in [-0.05, 0) is 23.8 Å². The summed E-state index contributed by atoms with van der Waals surface area (Å²) in [5.41, 5.74) is 3.19. The minimum Gasteiger partial charge on any atom is -0.248 e. The Morgan fingerprint density at radius 1 is 0.542 bits per heavy atom. The van der Waals surface area contributed by atoms with Gasteiger partial charge in [0.1, 0.15) is 0 Å². The van der Waals surface area contributed by atoms with Gasteiger partial charge < -0.3 is 0 Å². The number of hydrogen-bond acceptors (Lipinski definition) is 1. The van der Waals surface area contributed by atoms with Crippen LogP contribution in [0.25, 0.3) is 23.1 Å². The van der Waals surface area contributed by atoms with Crippen LogP contribution in [-0.2, 0) is 0 Å². The smallest absolute Gasteiger partial charge is 0.0709 e. The van der Waals surface area contributed by atoms with Gasteiger partial charge in [0.15, 0.2) is 0 Å². The number of aromatic nitrogens is 1. The highest BCUT2D eigenvalue weighted by molar-refractivity contribution is 5.79.